The number of aliphatic hydroxyl groups excluding tert-OH is 1. The Hall–Kier alpha value is -0.120. The van der Waals surface area contributed by atoms with Gasteiger partial charge in [0, 0.05) is 12.6 Å². The highest BCUT2D eigenvalue weighted by Gasteiger charge is 2.32. The summed E-state index contributed by atoms with van der Waals surface area (Å²) in [5, 5.41) is 10.4. The highest BCUT2D eigenvalue weighted by atomic mass is 16.5. The van der Waals surface area contributed by atoms with Crippen molar-refractivity contribution in [2.45, 2.75) is 90.4 Å². The molecule has 0 aromatic rings. The lowest BCUT2D eigenvalue weighted by Gasteiger charge is -2.38. The van der Waals surface area contributed by atoms with Crippen molar-refractivity contribution in [1.29, 1.82) is 0 Å². The number of hydrogen-bond acceptors (Lipinski definition) is 3. The molecule has 2 aliphatic carbocycles. The summed E-state index contributed by atoms with van der Waals surface area (Å²) in [5.41, 5.74) is 0. The van der Waals surface area contributed by atoms with Gasteiger partial charge in [0.25, 0.3) is 0 Å². The second-order valence-corrected chi connectivity index (χ2v) is 8.58. The monoisotopic (exact) mass is 325 g/mol. The van der Waals surface area contributed by atoms with Gasteiger partial charge in [0.2, 0.25) is 0 Å². The zero-order chi connectivity index (χ0) is 16.8. The normalized spacial score (nSPS) is 31.7. The molecule has 0 spiro atoms. The third-order valence-corrected chi connectivity index (χ3v) is 6.16. The lowest BCUT2D eigenvalue weighted by Crippen LogP contribution is -2.42. The fourth-order valence-electron chi connectivity index (χ4n) is 4.60. The molecule has 23 heavy (non-hydrogen) atoms. The predicted molar refractivity (Wildman–Crippen MR) is 96.6 cm³/mol. The topological polar surface area (TPSA) is 32.7 Å². The lowest BCUT2D eigenvalue weighted by molar-refractivity contribution is -0.0749. The van der Waals surface area contributed by atoms with Crippen LogP contribution in [0.4, 0.5) is 0 Å². The van der Waals surface area contributed by atoms with Crippen LogP contribution in [0.3, 0.4) is 0 Å². The molecule has 2 aliphatic rings. The van der Waals surface area contributed by atoms with Crippen LogP contribution in [0.5, 0.6) is 0 Å². The van der Waals surface area contributed by atoms with Gasteiger partial charge in [-0.15, -0.1) is 0 Å². The van der Waals surface area contributed by atoms with Gasteiger partial charge in [0.05, 0.1) is 18.8 Å². The third kappa shape index (κ3) is 6.03. The molecule has 0 amide bonds. The minimum Gasteiger partial charge on any atom is -0.389 e. The Morgan fingerprint density at radius 2 is 1.78 bits per heavy atom. The Morgan fingerprint density at radius 3 is 2.43 bits per heavy atom. The highest BCUT2D eigenvalue weighted by Crippen LogP contribution is 2.35. The van der Waals surface area contributed by atoms with Gasteiger partial charge in [-0.3, -0.25) is 0 Å². The molecule has 2 fully saturated rings. The zero-order valence-corrected chi connectivity index (χ0v) is 15.8. The van der Waals surface area contributed by atoms with Crippen LogP contribution in [-0.2, 0) is 4.74 Å². The maximum Gasteiger partial charge on any atom is 0.0900 e. The van der Waals surface area contributed by atoms with Gasteiger partial charge in [-0.05, 0) is 50.5 Å². The van der Waals surface area contributed by atoms with Crippen LogP contribution in [0.1, 0.15) is 72.1 Å². The number of rotatable bonds is 7. The van der Waals surface area contributed by atoms with Gasteiger partial charge >= 0.3 is 0 Å². The summed E-state index contributed by atoms with van der Waals surface area (Å²) in [6.45, 7) is 8.20. The summed E-state index contributed by atoms with van der Waals surface area (Å²) >= 11 is 0. The molecule has 0 radical (unpaired) electrons. The Kier molecular flexibility index (Phi) is 7.84. The average molecular weight is 326 g/mol. The van der Waals surface area contributed by atoms with Crippen molar-refractivity contribution >= 4 is 0 Å². The molecule has 2 rings (SSSR count). The maximum absolute atomic E-state index is 10.4. The third-order valence-electron chi connectivity index (χ3n) is 6.16. The lowest BCUT2D eigenvalue weighted by atomic mass is 9.75. The SMILES string of the molecule is CC(C)[C@H]1CC[C@@H](C)C[C@H]1OC[C@H](O)CN(C)C1CCCCC1. The predicted octanol–water partition coefficient (Wildman–Crippen LogP) is 4.09. The second-order valence-electron chi connectivity index (χ2n) is 8.58. The van der Waals surface area contributed by atoms with E-state index in [0.29, 0.717) is 30.6 Å². The molecule has 1 N–H and O–H groups in total. The fourth-order valence-corrected chi connectivity index (χ4v) is 4.60. The van der Waals surface area contributed by atoms with Crippen molar-refractivity contribution in [3.63, 3.8) is 0 Å². The fraction of sp³-hybridized carbons (Fsp3) is 1.00. The molecule has 136 valence electrons. The molecule has 0 saturated heterocycles. The maximum atomic E-state index is 10.4. The molecular weight excluding hydrogens is 286 g/mol. The van der Waals surface area contributed by atoms with Crippen molar-refractivity contribution in [2.75, 3.05) is 20.2 Å². The van der Waals surface area contributed by atoms with Gasteiger partial charge in [-0.1, -0.05) is 46.5 Å². The number of nitrogens with zero attached hydrogens (tertiary/aromatic N) is 1. The quantitative estimate of drug-likeness (QED) is 0.765. The summed E-state index contributed by atoms with van der Waals surface area (Å²) in [6, 6.07) is 0.663. The first-order valence-electron chi connectivity index (χ1n) is 9.97. The molecule has 0 aromatic carbocycles. The Labute approximate surface area is 143 Å². The molecule has 0 heterocycles. The molecule has 0 aromatic heterocycles. The summed E-state index contributed by atoms with van der Waals surface area (Å²) in [5.74, 6) is 2.10. The molecule has 0 bridgehead atoms. The Morgan fingerprint density at radius 1 is 1.09 bits per heavy atom. The van der Waals surface area contributed by atoms with E-state index in [2.05, 4.69) is 32.7 Å². The van der Waals surface area contributed by atoms with Crippen LogP contribution >= 0.6 is 0 Å². The van der Waals surface area contributed by atoms with Crippen molar-refractivity contribution < 1.29 is 9.84 Å². The Bertz CT molecular complexity index is 328. The van der Waals surface area contributed by atoms with Crippen molar-refractivity contribution in [3.05, 3.63) is 0 Å². The second kappa shape index (κ2) is 9.39. The molecule has 4 atom stereocenters. The van der Waals surface area contributed by atoms with E-state index in [1.165, 1.54) is 44.9 Å². The van der Waals surface area contributed by atoms with E-state index in [1.807, 2.05) is 0 Å². The van der Waals surface area contributed by atoms with E-state index in [9.17, 15) is 5.11 Å². The van der Waals surface area contributed by atoms with Gasteiger partial charge in [0.15, 0.2) is 0 Å². The van der Waals surface area contributed by atoms with E-state index < -0.39 is 0 Å². The summed E-state index contributed by atoms with van der Waals surface area (Å²) in [4.78, 5) is 2.36. The van der Waals surface area contributed by atoms with Crippen molar-refractivity contribution in [2.24, 2.45) is 17.8 Å². The number of aliphatic hydroxyl groups is 1. The van der Waals surface area contributed by atoms with E-state index in [1.54, 1.807) is 0 Å². The first-order chi connectivity index (χ1) is 11.0. The van der Waals surface area contributed by atoms with Gasteiger partial charge in [-0.25, -0.2) is 0 Å². The largest absolute Gasteiger partial charge is 0.389 e. The summed E-state index contributed by atoms with van der Waals surface area (Å²) in [6.07, 6.45) is 10.4. The average Bonchev–Trinajstić information content (AvgIpc) is 2.53. The van der Waals surface area contributed by atoms with E-state index >= 15 is 0 Å². The minimum absolute atomic E-state index is 0.341. The molecular formula is C20H39NO2. The molecule has 3 heteroatoms. The smallest absolute Gasteiger partial charge is 0.0900 e. The van der Waals surface area contributed by atoms with Crippen LogP contribution in [0.2, 0.25) is 0 Å². The number of ether oxygens (including phenoxy) is 1. The zero-order valence-electron chi connectivity index (χ0n) is 15.8. The van der Waals surface area contributed by atoms with Gasteiger partial charge in [0.1, 0.15) is 0 Å². The minimum atomic E-state index is -0.355. The number of hydrogen-bond donors (Lipinski definition) is 1. The van der Waals surface area contributed by atoms with Crippen LogP contribution in [0, 0.1) is 17.8 Å². The summed E-state index contributed by atoms with van der Waals surface area (Å²) in [7, 11) is 2.17. The first kappa shape index (κ1) is 19.2. The van der Waals surface area contributed by atoms with E-state index in [0.717, 1.165) is 18.9 Å². The molecule has 3 nitrogen and oxygen atoms in total. The van der Waals surface area contributed by atoms with Crippen LogP contribution < -0.4 is 0 Å². The Balaban J connectivity index is 1.74. The standard InChI is InChI=1S/C20H39NO2/c1-15(2)19-11-10-16(3)12-20(19)23-14-18(22)13-21(4)17-8-6-5-7-9-17/h15-20,22H,5-14H2,1-4H3/t16-,18-,19-,20-/m1/s1. The van der Waals surface area contributed by atoms with Crippen LogP contribution in [-0.4, -0.2) is 48.5 Å². The van der Waals surface area contributed by atoms with Gasteiger partial charge in [-0.2, -0.15) is 0 Å². The van der Waals surface area contributed by atoms with Crippen molar-refractivity contribution in [1.82, 2.24) is 4.90 Å². The van der Waals surface area contributed by atoms with Crippen LogP contribution in [0.15, 0.2) is 0 Å². The van der Waals surface area contributed by atoms with Crippen molar-refractivity contribution in [3.8, 4) is 0 Å². The van der Waals surface area contributed by atoms with E-state index in [4.69, 9.17) is 4.74 Å². The van der Waals surface area contributed by atoms with Gasteiger partial charge < -0.3 is 14.7 Å². The molecule has 2 saturated carbocycles. The molecule has 0 unspecified atom stereocenters. The highest BCUT2D eigenvalue weighted by molar-refractivity contribution is 4.82. The number of likely N-dealkylation sites (N-methyl/N-ethyl adjacent to an activating group) is 1. The summed E-state index contributed by atoms with van der Waals surface area (Å²) < 4.78 is 6.20. The van der Waals surface area contributed by atoms with E-state index in [-0.39, 0.29) is 6.10 Å². The molecule has 0 aliphatic heterocycles. The van der Waals surface area contributed by atoms with Crippen LogP contribution in [0.25, 0.3) is 0 Å². The first-order valence-corrected chi connectivity index (χ1v) is 9.97.